The van der Waals surface area contributed by atoms with Crippen LogP contribution in [0.5, 0.6) is 0 Å². The minimum absolute atomic E-state index is 0.0434. The van der Waals surface area contributed by atoms with E-state index in [9.17, 15) is 14.4 Å². The Labute approximate surface area is 144 Å². The normalized spacial score (nSPS) is 14.2. The van der Waals surface area contributed by atoms with E-state index in [1.165, 1.54) is 6.08 Å². The Bertz CT molecular complexity index is 459. The number of hydrogen-bond donors (Lipinski definition) is 2. The smallest absolute Gasteiger partial charge is 0.252 e. The molecule has 3 amide bonds. The SMILES string of the molecule is C/C=C\C(=O)N(C=O)CCC(=O)NC(C)(C)CCOC(C)(N)CC. The van der Waals surface area contributed by atoms with Crippen molar-refractivity contribution in [3.8, 4) is 0 Å². The highest BCUT2D eigenvalue weighted by Gasteiger charge is 2.23. The van der Waals surface area contributed by atoms with Crippen LogP contribution in [0.2, 0.25) is 0 Å². The van der Waals surface area contributed by atoms with E-state index in [0.717, 1.165) is 4.90 Å². The van der Waals surface area contributed by atoms with Crippen LogP contribution >= 0.6 is 0 Å². The molecule has 0 spiro atoms. The maximum absolute atomic E-state index is 12.0. The molecule has 0 aliphatic rings. The van der Waals surface area contributed by atoms with Gasteiger partial charge in [0.1, 0.15) is 5.72 Å². The van der Waals surface area contributed by atoms with Crippen LogP contribution in [0.15, 0.2) is 12.2 Å². The Balaban J connectivity index is 4.33. The summed E-state index contributed by atoms with van der Waals surface area (Å²) in [5, 5.41) is 2.88. The molecule has 0 aromatic carbocycles. The van der Waals surface area contributed by atoms with Crippen molar-refractivity contribution in [1.29, 1.82) is 0 Å². The lowest BCUT2D eigenvalue weighted by molar-refractivity contribution is -0.134. The largest absolute Gasteiger partial charge is 0.361 e. The fraction of sp³-hybridized carbons (Fsp3) is 0.706. The monoisotopic (exact) mass is 341 g/mol. The van der Waals surface area contributed by atoms with Crippen LogP contribution in [0.1, 0.15) is 53.9 Å². The summed E-state index contributed by atoms with van der Waals surface area (Å²) in [4.78, 5) is 35.5. The third-order valence-corrected chi connectivity index (χ3v) is 3.64. The molecule has 7 heteroatoms. The van der Waals surface area contributed by atoms with Crippen molar-refractivity contribution in [2.24, 2.45) is 5.73 Å². The van der Waals surface area contributed by atoms with Gasteiger partial charge in [-0.15, -0.1) is 0 Å². The van der Waals surface area contributed by atoms with Crippen LogP contribution in [0.3, 0.4) is 0 Å². The van der Waals surface area contributed by atoms with Crippen LogP contribution in [-0.2, 0) is 19.1 Å². The second kappa shape index (κ2) is 10.2. The molecule has 24 heavy (non-hydrogen) atoms. The zero-order valence-corrected chi connectivity index (χ0v) is 15.4. The van der Waals surface area contributed by atoms with Crippen LogP contribution in [0, 0.1) is 0 Å². The number of imide groups is 1. The van der Waals surface area contributed by atoms with Crippen molar-refractivity contribution in [2.75, 3.05) is 13.2 Å². The predicted octanol–water partition coefficient (Wildman–Crippen LogP) is 1.32. The predicted molar refractivity (Wildman–Crippen MR) is 92.9 cm³/mol. The molecule has 138 valence electrons. The van der Waals surface area contributed by atoms with E-state index in [1.54, 1.807) is 13.0 Å². The van der Waals surface area contributed by atoms with Crippen molar-refractivity contribution in [1.82, 2.24) is 10.2 Å². The Morgan fingerprint density at radius 2 is 1.92 bits per heavy atom. The van der Waals surface area contributed by atoms with Gasteiger partial charge in [0.05, 0.1) is 6.61 Å². The lowest BCUT2D eigenvalue weighted by atomic mass is 10.0. The highest BCUT2D eigenvalue weighted by molar-refractivity contribution is 5.94. The second-order valence-corrected chi connectivity index (χ2v) is 6.58. The van der Waals surface area contributed by atoms with Crippen LogP contribution < -0.4 is 11.1 Å². The molecule has 0 aliphatic heterocycles. The summed E-state index contributed by atoms with van der Waals surface area (Å²) in [5.41, 5.74) is 4.77. The second-order valence-electron chi connectivity index (χ2n) is 6.58. The van der Waals surface area contributed by atoms with Gasteiger partial charge in [-0.05, 0) is 46.6 Å². The van der Waals surface area contributed by atoms with Gasteiger partial charge in [0.25, 0.3) is 5.91 Å². The fourth-order valence-corrected chi connectivity index (χ4v) is 1.82. The van der Waals surface area contributed by atoms with Gasteiger partial charge in [0.15, 0.2) is 0 Å². The minimum atomic E-state index is -0.669. The van der Waals surface area contributed by atoms with E-state index in [0.29, 0.717) is 25.9 Å². The Kier molecular flexibility index (Phi) is 9.47. The quantitative estimate of drug-likeness (QED) is 0.335. The first-order valence-corrected chi connectivity index (χ1v) is 8.19. The topological polar surface area (TPSA) is 102 Å². The third-order valence-electron chi connectivity index (χ3n) is 3.64. The summed E-state index contributed by atoms with van der Waals surface area (Å²) >= 11 is 0. The van der Waals surface area contributed by atoms with Crippen molar-refractivity contribution >= 4 is 18.2 Å². The van der Waals surface area contributed by atoms with Gasteiger partial charge in [-0.2, -0.15) is 0 Å². The molecule has 0 saturated heterocycles. The Hall–Kier alpha value is -1.73. The summed E-state index contributed by atoms with van der Waals surface area (Å²) in [5.74, 6) is -0.666. The van der Waals surface area contributed by atoms with Gasteiger partial charge < -0.3 is 15.8 Å². The van der Waals surface area contributed by atoms with E-state index in [2.05, 4.69) is 5.32 Å². The summed E-state index contributed by atoms with van der Waals surface area (Å²) in [6, 6.07) is 0. The first kappa shape index (κ1) is 22.3. The molecule has 0 aromatic rings. The van der Waals surface area contributed by atoms with Crippen molar-refractivity contribution in [3.05, 3.63) is 12.2 Å². The Morgan fingerprint density at radius 3 is 2.42 bits per heavy atom. The molecule has 0 saturated carbocycles. The highest BCUT2D eigenvalue weighted by Crippen LogP contribution is 2.13. The van der Waals surface area contributed by atoms with E-state index >= 15 is 0 Å². The molecule has 1 unspecified atom stereocenters. The van der Waals surface area contributed by atoms with Gasteiger partial charge in [-0.1, -0.05) is 13.0 Å². The minimum Gasteiger partial charge on any atom is -0.361 e. The fourth-order valence-electron chi connectivity index (χ4n) is 1.82. The van der Waals surface area contributed by atoms with Gasteiger partial charge in [0.2, 0.25) is 12.3 Å². The standard InChI is InChI=1S/C17H31N3O4/c1-6-8-15(23)20(13-21)11-9-14(22)19-16(3,4)10-12-24-17(5,18)7-2/h6,8,13H,7,9-12,18H2,1-5H3,(H,19,22)/b8-6-. The number of nitrogens with zero attached hydrogens (tertiary/aromatic N) is 1. The zero-order valence-electron chi connectivity index (χ0n) is 15.4. The summed E-state index contributed by atoms with van der Waals surface area (Å²) < 4.78 is 5.59. The van der Waals surface area contributed by atoms with Crippen molar-refractivity contribution in [3.63, 3.8) is 0 Å². The maximum atomic E-state index is 12.0. The van der Waals surface area contributed by atoms with Crippen molar-refractivity contribution in [2.45, 2.75) is 65.1 Å². The van der Waals surface area contributed by atoms with Crippen LogP contribution in [0.4, 0.5) is 0 Å². The lowest BCUT2D eigenvalue weighted by Gasteiger charge is -2.29. The molecule has 7 nitrogen and oxygen atoms in total. The van der Waals surface area contributed by atoms with Crippen molar-refractivity contribution < 1.29 is 19.1 Å². The zero-order chi connectivity index (χ0) is 18.8. The number of hydrogen-bond acceptors (Lipinski definition) is 5. The molecule has 3 N–H and O–H groups in total. The van der Waals surface area contributed by atoms with E-state index in [1.807, 2.05) is 27.7 Å². The van der Waals surface area contributed by atoms with Crippen LogP contribution in [-0.4, -0.2) is 47.5 Å². The van der Waals surface area contributed by atoms with Gasteiger partial charge in [-0.3, -0.25) is 19.3 Å². The number of ether oxygens (including phenoxy) is 1. The highest BCUT2D eigenvalue weighted by atomic mass is 16.5. The van der Waals surface area contributed by atoms with Gasteiger partial charge in [-0.25, -0.2) is 0 Å². The summed E-state index contributed by atoms with van der Waals surface area (Å²) in [6.07, 6.45) is 4.61. The molecule has 0 bridgehead atoms. The number of nitrogens with two attached hydrogens (primary N) is 1. The first-order chi connectivity index (χ1) is 11.1. The molecule has 0 aromatic heterocycles. The third kappa shape index (κ3) is 9.42. The molecule has 0 rings (SSSR count). The molecular weight excluding hydrogens is 310 g/mol. The van der Waals surface area contributed by atoms with E-state index in [-0.39, 0.29) is 18.9 Å². The van der Waals surface area contributed by atoms with Gasteiger partial charge >= 0.3 is 0 Å². The summed E-state index contributed by atoms with van der Waals surface area (Å²) in [6.45, 7) is 9.68. The molecule has 1 atom stereocenters. The van der Waals surface area contributed by atoms with E-state index < -0.39 is 17.2 Å². The maximum Gasteiger partial charge on any atom is 0.252 e. The van der Waals surface area contributed by atoms with E-state index in [4.69, 9.17) is 10.5 Å². The lowest BCUT2D eigenvalue weighted by Crippen LogP contribution is -2.46. The molecule has 0 heterocycles. The number of carbonyl (C=O) groups is 3. The first-order valence-electron chi connectivity index (χ1n) is 8.19. The number of carbonyl (C=O) groups excluding carboxylic acids is 3. The number of nitrogens with one attached hydrogen (secondary N) is 1. The molecule has 0 radical (unpaired) electrons. The van der Waals surface area contributed by atoms with Gasteiger partial charge in [0, 0.05) is 18.5 Å². The number of amides is 3. The molecular formula is C17H31N3O4. The summed E-state index contributed by atoms with van der Waals surface area (Å²) in [7, 11) is 0. The van der Waals surface area contributed by atoms with Crippen LogP contribution in [0.25, 0.3) is 0 Å². The average Bonchev–Trinajstić information content (AvgIpc) is 2.47. The Morgan fingerprint density at radius 1 is 1.29 bits per heavy atom. The number of rotatable bonds is 11. The molecule has 0 aliphatic carbocycles. The average molecular weight is 341 g/mol. The number of allylic oxidation sites excluding steroid dienone is 1. The molecule has 0 fully saturated rings.